The molecule has 0 amide bonds. The number of carboxylic acid groups (broad SMARTS) is 1. The lowest BCUT2D eigenvalue weighted by Crippen LogP contribution is -2.01. The third-order valence-corrected chi connectivity index (χ3v) is 2.59. The maximum Gasteiger partial charge on any atom is 0.307 e. The fourth-order valence-corrected chi connectivity index (χ4v) is 1.68. The van der Waals surface area contributed by atoms with E-state index in [9.17, 15) is 14.9 Å². The normalized spacial score (nSPS) is 10.0. The average molecular weight is 273 g/mol. The lowest BCUT2D eigenvalue weighted by Gasteiger charge is -2.09. The molecule has 0 heterocycles. The van der Waals surface area contributed by atoms with Crippen LogP contribution in [0.1, 0.15) is 5.56 Å². The lowest BCUT2D eigenvalue weighted by molar-refractivity contribution is -0.384. The van der Waals surface area contributed by atoms with Crippen molar-refractivity contribution >= 4 is 11.7 Å². The van der Waals surface area contributed by atoms with Crippen LogP contribution in [-0.2, 0) is 11.2 Å². The number of carbonyl (C=O) groups is 1. The molecule has 0 saturated carbocycles. The number of nitro groups is 1. The minimum absolute atomic E-state index is 0.0313. The first-order chi connectivity index (χ1) is 9.56. The Kier molecular flexibility index (Phi) is 3.95. The molecule has 0 aliphatic carbocycles. The predicted octanol–water partition coefficient (Wildman–Crippen LogP) is 3.01. The maximum absolute atomic E-state index is 10.8. The Balaban J connectivity index is 2.21. The summed E-state index contributed by atoms with van der Waals surface area (Å²) >= 11 is 0. The van der Waals surface area contributed by atoms with Gasteiger partial charge in [-0.1, -0.05) is 18.2 Å². The van der Waals surface area contributed by atoms with Crippen LogP contribution in [0.15, 0.2) is 48.5 Å². The molecule has 2 aromatic rings. The topological polar surface area (TPSA) is 89.7 Å². The average Bonchev–Trinajstić information content (AvgIpc) is 2.41. The summed E-state index contributed by atoms with van der Waals surface area (Å²) in [6.45, 7) is 0. The van der Waals surface area contributed by atoms with E-state index in [0.717, 1.165) is 0 Å². The van der Waals surface area contributed by atoms with Crippen molar-refractivity contribution in [2.24, 2.45) is 0 Å². The Morgan fingerprint density at radius 2 is 1.80 bits per heavy atom. The molecule has 6 heteroatoms. The lowest BCUT2D eigenvalue weighted by atomic mass is 10.1. The summed E-state index contributed by atoms with van der Waals surface area (Å²) in [7, 11) is 0. The van der Waals surface area contributed by atoms with Gasteiger partial charge in [0.15, 0.2) is 0 Å². The molecule has 0 bridgehead atoms. The van der Waals surface area contributed by atoms with Crippen LogP contribution >= 0.6 is 0 Å². The van der Waals surface area contributed by atoms with E-state index in [1.54, 1.807) is 24.3 Å². The number of nitrogens with zero attached hydrogens (tertiary/aromatic N) is 1. The van der Waals surface area contributed by atoms with E-state index in [2.05, 4.69) is 0 Å². The third-order valence-electron chi connectivity index (χ3n) is 2.59. The summed E-state index contributed by atoms with van der Waals surface area (Å²) in [5, 5.41) is 19.4. The molecule has 0 aromatic heterocycles. The van der Waals surface area contributed by atoms with Crippen LogP contribution in [0.4, 0.5) is 5.69 Å². The first kappa shape index (κ1) is 13.5. The van der Waals surface area contributed by atoms with Crippen LogP contribution in [0.5, 0.6) is 11.5 Å². The van der Waals surface area contributed by atoms with Crippen molar-refractivity contribution < 1.29 is 19.6 Å². The van der Waals surface area contributed by atoms with Gasteiger partial charge in [0, 0.05) is 17.7 Å². The highest BCUT2D eigenvalue weighted by molar-refractivity contribution is 5.71. The summed E-state index contributed by atoms with van der Waals surface area (Å²) in [5.41, 5.74) is 0.509. The second-order valence-electron chi connectivity index (χ2n) is 4.03. The molecule has 2 aromatic carbocycles. The summed E-state index contributed by atoms with van der Waals surface area (Å²) in [6.07, 6.45) is -0.150. The molecule has 0 atom stereocenters. The molecule has 0 saturated heterocycles. The van der Waals surface area contributed by atoms with E-state index in [0.29, 0.717) is 17.1 Å². The Morgan fingerprint density at radius 3 is 2.40 bits per heavy atom. The summed E-state index contributed by atoms with van der Waals surface area (Å²) < 4.78 is 5.56. The van der Waals surface area contributed by atoms with Gasteiger partial charge in [-0.2, -0.15) is 0 Å². The van der Waals surface area contributed by atoms with E-state index in [1.807, 2.05) is 0 Å². The highest BCUT2D eigenvalue weighted by atomic mass is 16.6. The number of non-ortho nitro benzene ring substituents is 1. The van der Waals surface area contributed by atoms with Gasteiger partial charge in [-0.3, -0.25) is 14.9 Å². The summed E-state index contributed by atoms with van der Waals surface area (Å²) in [4.78, 5) is 20.8. The molecule has 0 aliphatic rings. The van der Waals surface area contributed by atoms with Crippen LogP contribution in [0, 0.1) is 10.1 Å². The van der Waals surface area contributed by atoms with Gasteiger partial charge < -0.3 is 9.84 Å². The predicted molar refractivity (Wildman–Crippen MR) is 71.0 cm³/mol. The number of aliphatic carboxylic acids is 1. The zero-order valence-electron chi connectivity index (χ0n) is 10.4. The highest BCUT2D eigenvalue weighted by Gasteiger charge is 2.09. The second-order valence-corrected chi connectivity index (χ2v) is 4.03. The number of carboxylic acids is 1. The summed E-state index contributed by atoms with van der Waals surface area (Å²) in [6, 6.07) is 12.4. The first-order valence-electron chi connectivity index (χ1n) is 5.78. The van der Waals surface area contributed by atoms with E-state index in [1.165, 1.54) is 24.3 Å². The molecule has 20 heavy (non-hydrogen) atoms. The van der Waals surface area contributed by atoms with E-state index in [4.69, 9.17) is 9.84 Å². The van der Waals surface area contributed by atoms with Crippen LogP contribution in [-0.4, -0.2) is 16.0 Å². The van der Waals surface area contributed by atoms with Crippen LogP contribution < -0.4 is 4.74 Å². The Morgan fingerprint density at radius 1 is 1.15 bits per heavy atom. The van der Waals surface area contributed by atoms with Gasteiger partial charge in [0.2, 0.25) is 0 Å². The zero-order valence-corrected chi connectivity index (χ0v) is 10.4. The molecule has 0 aliphatic heterocycles. The number of nitro benzene ring substituents is 1. The second kappa shape index (κ2) is 5.83. The number of benzene rings is 2. The minimum atomic E-state index is -0.954. The van der Waals surface area contributed by atoms with Crippen molar-refractivity contribution in [3.05, 3.63) is 64.2 Å². The molecular formula is C14H11NO5. The molecular weight excluding hydrogens is 262 g/mol. The van der Waals surface area contributed by atoms with Gasteiger partial charge in [-0.05, 0) is 18.2 Å². The quantitative estimate of drug-likeness (QED) is 0.668. The smallest absolute Gasteiger partial charge is 0.307 e. The van der Waals surface area contributed by atoms with Crippen molar-refractivity contribution in [2.75, 3.05) is 0 Å². The van der Waals surface area contributed by atoms with Crippen LogP contribution in [0.3, 0.4) is 0 Å². The number of para-hydroxylation sites is 1. The van der Waals surface area contributed by atoms with Crippen LogP contribution in [0.2, 0.25) is 0 Å². The van der Waals surface area contributed by atoms with E-state index in [-0.39, 0.29) is 12.1 Å². The monoisotopic (exact) mass is 273 g/mol. The molecule has 0 spiro atoms. The molecule has 1 N–H and O–H groups in total. The standard InChI is InChI=1S/C14H11NO5/c16-14(17)9-10-3-1-2-4-13(10)20-12-7-5-11(6-8-12)15(18)19/h1-8H,9H2,(H,16,17). The Bertz CT molecular complexity index is 636. The molecule has 0 fully saturated rings. The van der Waals surface area contributed by atoms with Gasteiger partial charge in [0.1, 0.15) is 11.5 Å². The summed E-state index contributed by atoms with van der Waals surface area (Å²) in [5.74, 6) is -0.123. The first-order valence-corrected chi connectivity index (χ1v) is 5.78. The minimum Gasteiger partial charge on any atom is -0.481 e. The van der Waals surface area contributed by atoms with Gasteiger partial charge in [0.25, 0.3) is 5.69 Å². The molecule has 6 nitrogen and oxygen atoms in total. The Hall–Kier alpha value is -2.89. The number of ether oxygens (including phenoxy) is 1. The fourth-order valence-electron chi connectivity index (χ4n) is 1.68. The molecule has 102 valence electrons. The van der Waals surface area contributed by atoms with E-state index < -0.39 is 10.9 Å². The number of rotatable bonds is 5. The third kappa shape index (κ3) is 3.32. The van der Waals surface area contributed by atoms with Gasteiger partial charge in [-0.15, -0.1) is 0 Å². The van der Waals surface area contributed by atoms with Gasteiger partial charge in [-0.25, -0.2) is 0 Å². The van der Waals surface area contributed by atoms with Crippen molar-refractivity contribution in [3.63, 3.8) is 0 Å². The van der Waals surface area contributed by atoms with Crippen molar-refractivity contribution in [1.29, 1.82) is 0 Å². The zero-order chi connectivity index (χ0) is 14.5. The highest BCUT2D eigenvalue weighted by Crippen LogP contribution is 2.27. The van der Waals surface area contributed by atoms with Gasteiger partial charge in [0.05, 0.1) is 11.3 Å². The van der Waals surface area contributed by atoms with Gasteiger partial charge >= 0.3 is 5.97 Å². The number of hydrogen-bond acceptors (Lipinski definition) is 4. The number of hydrogen-bond donors (Lipinski definition) is 1. The molecule has 0 unspecified atom stereocenters. The van der Waals surface area contributed by atoms with Crippen molar-refractivity contribution in [2.45, 2.75) is 6.42 Å². The van der Waals surface area contributed by atoms with Crippen LogP contribution in [0.25, 0.3) is 0 Å². The van der Waals surface area contributed by atoms with Crippen molar-refractivity contribution in [3.8, 4) is 11.5 Å². The maximum atomic E-state index is 10.8. The Labute approximate surface area is 114 Å². The van der Waals surface area contributed by atoms with E-state index >= 15 is 0 Å². The fraction of sp³-hybridized carbons (Fsp3) is 0.0714. The van der Waals surface area contributed by atoms with Crippen molar-refractivity contribution in [1.82, 2.24) is 0 Å². The molecule has 2 rings (SSSR count). The molecule has 0 radical (unpaired) electrons. The SMILES string of the molecule is O=C(O)Cc1ccccc1Oc1ccc([N+](=O)[O-])cc1. The largest absolute Gasteiger partial charge is 0.481 e.